The Morgan fingerprint density at radius 2 is 2.22 bits per heavy atom. The van der Waals surface area contributed by atoms with Crippen molar-refractivity contribution in [3.63, 3.8) is 0 Å². The summed E-state index contributed by atoms with van der Waals surface area (Å²) in [4.78, 5) is 18.2. The minimum absolute atomic E-state index is 0.150. The van der Waals surface area contributed by atoms with E-state index in [0.29, 0.717) is 18.4 Å². The number of rotatable bonds is 5. The molecule has 3 rings (SSSR count). The van der Waals surface area contributed by atoms with Crippen molar-refractivity contribution in [3.8, 4) is 12.3 Å². The lowest BCUT2D eigenvalue weighted by atomic mass is 10.3. The van der Waals surface area contributed by atoms with Crippen LogP contribution in [0.3, 0.4) is 0 Å². The van der Waals surface area contributed by atoms with Crippen LogP contribution < -0.4 is 0 Å². The first-order valence-electron chi connectivity index (χ1n) is 6.43. The molecule has 5 nitrogen and oxygen atoms in total. The van der Waals surface area contributed by atoms with E-state index in [1.54, 1.807) is 4.90 Å². The molecule has 1 aromatic heterocycles. The van der Waals surface area contributed by atoms with Crippen LogP contribution in [0.1, 0.15) is 48.0 Å². The molecule has 2 aliphatic rings. The van der Waals surface area contributed by atoms with Crippen molar-refractivity contribution >= 4 is 5.91 Å². The first kappa shape index (κ1) is 11.3. The first-order valence-corrected chi connectivity index (χ1v) is 6.43. The van der Waals surface area contributed by atoms with Gasteiger partial charge in [0.15, 0.2) is 0 Å². The molecule has 2 fully saturated rings. The van der Waals surface area contributed by atoms with E-state index in [4.69, 9.17) is 6.42 Å². The maximum Gasteiger partial charge on any atom is 0.294 e. The molecule has 1 heterocycles. The lowest BCUT2D eigenvalue weighted by molar-refractivity contribution is 0.0758. The summed E-state index contributed by atoms with van der Waals surface area (Å²) in [5.74, 6) is 4.57. The molecule has 5 heteroatoms. The molecule has 2 aliphatic carbocycles. The molecule has 0 aliphatic heterocycles. The molecule has 18 heavy (non-hydrogen) atoms. The lowest BCUT2D eigenvalue weighted by Crippen LogP contribution is -2.34. The van der Waals surface area contributed by atoms with Gasteiger partial charge in [-0.15, -0.1) is 11.5 Å². The van der Waals surface area contributed by atoms with E-state index >= 15 is 0 Å². The molecule has 94 valence electrons. The van der Waals surface area contributed by atoms with E-state index in [1.165, 1.54) is 12.8 Å². The highest BCUT2D eigenvalue weighted by molar-refractivity contribution is 5.90. The molecule has 0 spiro atoms. The SMILES string of the molecule is C#CCN(CC1CC1)C(=O)c1n[nH]c(C2CC2)n1. The normalized spacial score (nSPS) is 18.4. The number of H-pyrrole nitrogens is 1. The summed E-state index contributed by atoms with van der Waals surface area (Å²) in [6, 6.07) is 0. The van der Waals surface area contributed by atoms with Crippen molar-refractivity contribution in [3.05, 3.63) is 11.6 Å². The predicted octanol–water partition coefficient (Wildman–Crippen LogP) is 1.17. The Hall–Kier alpha value is -1.83. The minimum Gasteiger partial charge on any atom is -0.324 e. The van der Waals surface area contributed by atoms with Crippen LogP contribution in [0.2, 0.25) is 0 Å². The summed E-state index contributed by atoms with van der Waals surface area (Å²) in [6.45, 7) is 1.07. The van der Waals surface area contributed by atoms with Gasteiger partial charge in [-0.05, 0) is 31.6 Å². The molecule has 0 unspecified atom stereocenters. The van der Waals surface area contributed by atoms with Crippen molar-refractivity contribution in [1.29, 1.82) is 0 Å². The number of aromatic nitrogens is 3. The van der Waals surface area contributed by atoms with Gasteiger partial charge in [0, 0.05) is 12.5 Å². The average molecular weight is 244 g/mol. The number of amides is 1. The molecular weight excluding hydrogens is 228 g/mol. The molecule has 0 atom stereocenters. The number of nitrogens with zero attached hydrogens (tertiary/aromatic N) is 3. The second-order valence-electron chi connectivity index (χ2n) is 5.15. The van der Waals surface area contributed by atoms with E-state index in [1.807, 2.05) is 0 Å². The fourth-order valence-electron chi connectivity index (χ4n) is 1.99. The number of nitrogens with one attached hydrogen (secondary N) is 1. The molecule has 0 saturated heterocycles. The van der Waals surface area contributed by atoms with Crippen molar-refractivity contribution in [1.82, 2.24) is 20.1 Å². The van der Waals surface area contributed by atoms with Gasteiger partial charge in [-0.2, -0.15) is 0 Å². The maximum absolute atomic E-state index is 12.2. The fraction of sp³-hybridized carbons (Fsp3) is 0.615. The third-order valence-electron chi connectivity index (χ3n) is 3.40. The maximum atomic E-state index is 12.2. The van der Waals surface area contributed by atoms with Gasteiger partial charge in [0.05, 0.1) is 6.54 Å². The summed E-state index contributed by atoms with van der Waals surface area (Å²) >= 11 is 0. The van der Waals surface area contributed by atoms with Gasteiger partial charge in [0.1, 0.15) is 5.82 Å². The van der Waals surface area contributed by atoms with E-state index in [0.717, 1.165) is 25.2 Å². The van der Waals surface area contributed by atoms with Crippen molar-refractivity contribution in [2.24, 2.45) is 5.92 Å². The Morgan fingerprint density at radius 1 is 1.44 bits per heavy atom. The third kappa shape index (κ3) is 2.37. The zero-order valence-electron chi connectivity index (χ0n) is 10.2. The van der Waals surface area contributed by atoms with Crippen LogP contribution in [0, 0.1) is 18.3 Å². The number of carbonyl (C=O) groups is 1. The second kappa shape index (κ2) is 4.45. The van der Waals surface area contributed by atoms with Crippen LogP contribution in [0.4, 0.5) is 0 Å². The smallest absolute Gasteiger partial charge is 0.294 e. The van der Waals surface area contributed by atoms with Gasteiger partial charge in [-0.3, -0.25) is 9.89 Å². The summed E-state index contributed by atoms with van der Waals surface area (Å²) < 4.78 is 0. The van der Waals surface area contributed by atoms with Crippen molar-refractivity contribution < 1.29 is 4.79 Å². The standard InChI is InChI=1S/C13H16N4O/c1-2-7-17(8-9-3-4-9)13(18)12-14-11(15-16-12)10-5-6-10/h1,9-10H,3-8H2,(H,14,15,16). The van der Waals surface area contributed by atoms with E-state index < -0.39 is 0 Å². The van der Waals surface area contributed by atoms with Gasteiger partial charge in [0.2, 0.25) is 5.82 Å². The van der Waals surface area contributed by atoms with Crippen LogP contribution in [0.5, 0.6) is 0 Å². The van der Waals surface area contributed by atoms with Crippen LogP contribution in [0.15, 0.2) is 0 Å². The number of terminal acetylenes is 1. The Labute approximate surface area is 106 Å². The Balaban J connectivity index is 1.70. The summed E-state index contributed by atoms with van der Waals surface area (Å²) in [5, 5.41) is 6.87. The van der Waals surface area contributed by atoms with Gasteiger partial charge in [-0.1, -0.05) is 5.92 Å². The second-order valence-corrected chi connectivity index (χ2v) is 5.15. The Bertz CT molecular complexity index is 493. The zero-order valence-corrected chi connectivity index (χ0v) is 10.2. The van der Waals surface area contributed by atoms with E-state index in [9.17, 15) is 4.79 Å². The molecule has 1 N–H and O–H groups in total. The fourth-order valence-corrected chi connectivity index (χ4v) is 1.99. The topological polar surface area (TPSA) is 61.9 Å². The van der Waals surface area contributed by atoms with E-state index in [-0.39, 0.29) is 11.7 Å². The molecular formula is C13H16N4O. The van der Waals surface area contributed by atoms with Crippen LogP contribution in [-0.4, -0.2) is 39.1 Å². The zero-order chi connectivity index (χ0) is 12.5. The van der Waals surface area contributed by atoms with Crippen LogP contribution in [0.25, 0.3) is 0 Å². The average Bonchev–Trinajstić information content (AvgIpc) is 3.29. The lowest BCUT2D eigenvalue weighted by Gasteiger charge is -2.17. The molecule has 0 aromatic carbocycles. The number of hydrogen-bond donors (Lipinski definition) is 1. The predicted molar refractivity (Wildman–Crippen MR) is 65.8 cm³/mol. The van der Waals surface area contributed by atoms with Gasteiger partial charge >= 0.3 is 0 Å². The summed E-state index contributed by atoms with van der Waals surface area (Å²) in [6.07, 6.45) is 9.97. The molecule has 1 amide bonds. The van der Waals surface area contributed by atoms with Crippen LogP contribution >= 0.6 is 0 Å². The van der Waals surface area contributed by atoms with Crippen molar-refractivity contribution in [2.45, 2.75) is 31.6 Å². The molecule has 2 saturated carbocycles. The third-order valence-corrected chi connectivity index (χ3v) is 3.40. The van der Waals surface area contributed by atoms with Crippen LogP contribution in [-0.2, 0) is 0 Å². The highest BCUT2D eigenvalue weighted by atomic mass is 16.2. The van der Waals surface area contributed by atoms with Gasteiger partial charge in [0.25, 0.3) is 5.91 Å². The largest absolute Gasteiger partial charge is 0.324 e. The highest BCUT2D eigenvalue weighted by Crippen LogP contribution is 2.37. The summed E-state index contributed by atoms with van der Waals surface area (Å²) in [5.41, 5.74) is 0. The van der Waals surface area contributed by atoms with E-state index in [2.05, 4.69) is 21.1 Å². The van der Waals surface area contributed by atoms with Crippen molar-refractivity contribution in [2.75, 3.05) is 13.1 Å². The number of carbonyl (C=O) groups excluding carboxylic acids is 1. The highest BCUT2D eigenvalue weighted by Gasteiger charge is 2.31. The summed E-state index contributed by atoms with van der Waals surface area (Å²) in [7, 11) is 0. The number of hydrogen-bond acceptors (Lipinski definition) is 3. The first-order chi connectivity index (χ1) is 8.78. The number of aromatic amines is 1. The molecule has 1 aromatic rings. The van der Waals surface area contributed by atoms with Gasteiger partial charge in [-0.25, -0.2) is 4.98 Å². The van der Waals surface area contributed by atoms with Gasteiger partial charge < -0.3 is 4.90 Å². The monoisotopic (exact) mass is 244 g/mol. The quantitative estimate of drug-likeness (QED) is 0.791. The molecule has 0 bridgehead atoms. The Kier molecular flexibility index (Phi) is 2.78. The minimum atomic E-state index is -0.150. The molecule has 0 radical (unpaired) electrons. The Morgan fingerprint density at radius 3 is 2.83 bits per heavy atom.